The van der Waals surface area contributed by atoms with Crippen LogP contribution in [0.3, 0.4) is 0 Å². The van der Waals surface area contributed by atoms with E-state index in [0.717, 1.165) is 5.88 Å². The molecule has 0 amide bonds. The molecule has 0 fully saturated rings. The van der Waals surface area contributed by atoms with E-state index in [4.69, 9.17) is 11.6 Å². The van der Waals surface area contributed by atoms with Crippen LogP contribution in [-0.2, 0) is 0 Å². The van der Waals surface area contributed by atoms with Gasteiger partial charge in [0.15, 0.2) is 0 Å². The molecule has 100 valence electrons. The third kappa shape index (κ3) is 23.8. The summed E-state index contributed by atoms with van der Waals surface area (Å²) in [6.45, 7) is 6.73. The van der Waals surface area contributed by atoms with Crippen LogP contribution in [0.15, 0.2) is 0 Å². The summed E-state index contributed by atoms with van der Waals surface area (Å²) in [4.78, 5) is 0. The molecule has 16 heavy (non-hydrogen) atoms. The Labute approximate surface area is 109 Å². The lowest BCUT2D eigenvalue weighted by Gasteiger charge is -1.95. The first kappa shape index (κ1) is 18.6. The second-order valence-corrected chi connectivity index (χ2v) is 4.90. The van der Waals surface area contributed by atoms with Crippen molar-refractivity contribution in [1.29, 1.82) is 0 Å². The van der Waals surface area contributed by atoms with E-state index in [1.165, 1.54) is 70.6 Å². The van der Waals surface area contributed by atoms with Gasteiger partial charge in [0, 0.05) is 5.88 Å². The molecule has 0 unspecified atom stereocenters. The lowest BCUT2D eigenvalue weighted by molar-refractivity contribution is 0.626. The average molecular weight is 249 g/mol. The van der Waals surface area contributed by atoms with Crippen molar-refractivity contribution in [2.24, 2.45) is 0 Å². The van der Waals surface area contributed by atoms with Crippen LogP contribution in [0.5, 0.6) is 0 Å². The molecule has 0 aliphatic rings. The van der Waals surface area contributed by atoms with Crippen LogP contribution in [0.2, 0.25) is 0 Å². The molecule has 0 aromatic rings. The molecule has 0 nitrogen and oxygen atoms in total. The minimum Gasteiger partial charge on any atom is -0.127 e. The monoisotopic (exact) mass is 248 g/mol. The van der Waals surface area contributed by atoms with E-state index in [-0.39, 0.29) is 0 Å². The van der Waals surface area contributed by atoms with E-state index in [9.17, 15) is 0 Å². The average Bonchev–Trinajstić information content (AvgIpc) is 2.31. The lowest BCUT2D eigenvalue weighted by atomic mass is 10.1. The molecular weight excluding hydrogens is 216 g/mol. The molecule has 0 aromatic carbocycles. The van der Waals surface area contributed by atoms with Gasteiger partial charge in [-0.1, -0.05) is 85.0 Å². The first-order valence-electron chi connectivity index (χ1n) is 7.39. The van der Waals surface area contributed by atoms with E-state index in [0.29, 0.717) is 0 Å². The van der Waals surface area contributed by atoms with E-state index < -0.39 is 0 Å². The maximum Gasteiger partial charge on any atom is 0.0223 e. The number of alkyl halides is 1. The number of rotatable bonds is 10. The van der Waals surface area contributed by atoms with Crippen molar-refractivity contribution in [1.82, 2.24) is 0 Å². The molecule has 0 N–H and O–H groups in total. The highest BCUT2D eigenvalue weighted by molar-refractivity contribution is 6.17. The summed E-state index contributed by atoms with van der Waals surface area (Å²) in [5.74, 6) is 0.839. The zero-order valence-corrected chi connectivity index (χ0v) is 12.6. The van der Waals surface area contributed by atoms with Crippen molar-refractivity contribution in [2.75, 3.05) is 5.88 Å². The second-order valence-electron chi connectivity index (χ2n) is 4.52. The first-order valence-corrected chi connectivity index (χ1v) is 7.92. The van der Waals surface area contributed by atoms with Gasteiger partial charge in [-0.25, -0.2) is 0 Å². The molecule has 0 atom stereocenters. The van der Waals surface area contributed by atoms with E-state index in [1.54, 1.807) is 0 Å². The summed E-state index contributed by atoms with van der Waals surface area (Å²) >= 11 is 5.51. The Bertz CT molecular complexity index is 81.4. The van der Waals surface area contributed by atoms with Crippen molar-refractivity contribution in [3.63, 3.8) is 0 Å². The van der Waals surface area contributed by atoms with Crippen molar-refractivity contribution in [2.45, 2.75) is 91.4 Å². The van der Waals surface area contributed by atoms with Gasteiger partial charge in [0.2, 0.25) is 0 Å². The SMILES string of the molecule is CCCCCCC.CCCCCCCCCl. The van der Waals surface area contributed by atoms with Crippen LogP contribution >= 0.6 is 11.6 Å². The quantitative estimate of drug-likeness (QED) is 0.303. The summed E-state index contributed by atoms with van der Waals surface area (Å²) < 4.78 is 0. The van der Waals surface area contributed by atoms with Crippen LogP contribution in [0, 0.1) is 0 Å². The molecule has 0 rings (SSSR count). The molecular formula is C15H33Cl. The third-order valence-electron chi connectivity index (χ3n) is 2.69. The molecule has 0 saturated heterocycles. The molecule has 0 aromatic heterocycles. The predicted octanol–water partition coefficient (Wildman–Crippen LogP) is 6.56. The molecule has 0 aliphatic heterocycles. The van der Waals surface area contributed by atoms with Gasteiger partial charge in [-0.3, -0.25) is 0 Å². The third-order valence-corrected chi connectivity index (χ3v) is 2.96. The highest BCUT2D eigenvalue weighted by Gasteiger charge is 1.86. The van der Waals surface area contributed by atoms with Gasteiger partial charge < -0.3 is 0 Å². The maximum atomic E-state index is 5.51. The van der Waals surface area contributed by atoms with Crippen LogP contribution in [0.25, 0.3) is 0 Å². The maximum absolute atomic E-state index is 5.51. The Balaban J connectivity index is 0. The molecule has 0 saturated carbocycles. The van der Waals surface area contributed by atoms with Crippen LogP contribution < -0.4 is 0 Å². The minimum atomic E-state index is 0.839. The fraction of sp³-hybridized carbons (Fsp3) is 1.00. The molecule has 0 radical (unpaired) electrons. The molecule has 1 heteroatoms. The van der Waals surface area contributed by atoms with Gasteiger partial charge in [0.25, 0.3) is 0 Å². The highest BCUT2D eigenvalue weighted by atomic mass is 35.5. The van der Waals surface area contributed by atoms with Crippen molar-refractivity contribution < 1.29 is 0 Å². The molecule has 0 heterocycles. The summed E-state index contributed by atoms with van der Waals surface area (Å²) in [5.41, 5.74) is 0. The van der Waals surface area contributed by atoms with Gasteiger partial charge in [-0.2, -0.15) is 0 Å². The van der Waals surface area contributed by atoms with Gasteiger partial charge in [-0.05, 0) is 6.42 Å². The number of hydrogen-bond acceptors (Lipinski definition) is 0. The van der Waals surface area contributed by atoms with Crippen LogP contribution in [-0.4, -0.2) is 5.88 Å². The molecule has 0 spiro atoms. The standard InChI is InChI=1S/C8H17Cl.C7H16/c1-2-3-4-5-6-7-8-9;1-3-5-7-6-4-2/h2-8H2,1H3;3-7H2,1-2H3. The zero-order chi connectivity index (χ0) is 12.5. The Morgan fingerprint density at radius 1 is 0.500 bits per heavy atom. The topological polar surface area (TPSA) is 0 Å². The summed E-state index contributed by atoms with van der Waals surface area (Å²) in [5, 5.41) is 0. The van der Waals surface area contributed by atoms with Gasteiger partial charge in [0.1, 0.15) is 0 Å². The Kier molecular flexibility index (Phi) is 24.1. The van der Waals surface area contributed by atoms with Crippen molar-refractivity contribution in [3.05, 3.63) is 0 Å². The summed E-state index contributed by atoms with van der Waals surface area (Å²) in [6.07, 6.45) is 15.0. The molecule has 0 aliphatic carbocycles. The number of halogens is 1. The van der Waals surface area contributed by atoms with Gasteiger partial charge >= 0.3 is 0 Å². The smallest absolute Gasteiger partial charge is 0.0223 e. The normalized spacial score (nSPS) is 9.75. The number of hydrogen-bond donors (Lipinski definition) is 0. The van der Waals surface area contributed by atoms with E-state index in [1.807, 2.05) is 0 Å². The van der Waals surface area contributed by atoms with Crippen molar-refractivity contribution in [3.8, 4) is 0 Å². The lowest BCUT2D eigenvalue weighted by Crippen LogP contribution is -1.78. The fourth-order valence-corrected chi connectivity index (χ4v) is 1.74. The Hall–Kier alpha value is 0.290. The van der Waals surface area contributed by atoms with E-state index in [2.05, 4.69) is 20.8 Å². The Morgan fingerprint density at radius 3 is 1.19 bits per heavy atom. The van der Waals surface area contributed by atoms with Crippen LogP contribution in [0.4, 0.5) is 0 Å². The zero-order valence-electron chi connectivity index (χ0n) is 11.9. The first-order chi connectivity index (χ1) is 7.83. The summed E-state index contributed by atoms with van der Waals surface area (Å²) in [7, 11) is 0. The van der Waals surface area contributed by atoms with Gasteiger partial charge in [-0.15, -0.1) is 11.6 Å². The van der Waals surface area contributed by atoms with Gasteiger partial charge in [0.05, 0.1) is 0 Å². The minimum absolute atomic E-state index is 0.839. The highest BCUT2D eigenvalue weighted by Crippen LogP contribution is 2.04. The van der Waals surface area contributed by atoms with Crippen LogP contribution in [0.1, 0.15) is 91.4 Å². The Morgan fingerprint density at radius 2 is 0.812 bits per heavy atom. The van der Waals surface area contributed by atoms with E-state index >= 15 is 0 Å². The summed E-state index contributed by atoms with van der Waals surface area (Å²) in [6, 6.07) is 0. The predicted molar refractivity (Wildman–Crippen MR) is 78.5 cm³/mol. The second kappa shape index (κ2) is 20.7. The van der Waals surface area contributed by atoms with Crippen molar-refractivity contribution >= 4 is 11.6 Å². The largest absolute Gasteiger partial charge is 0.127 e. The molecule has 0 bridgehead atoms. The fourth-order valence-electron chi connectivity index (χ4n) is 1.55. The number of unbranched alkanes of at least 4 members (excludes halogenated alkanes) is 9.